The van der Waals surface area contributed by atoms with Crippen LogP contribution >= 0.6 is 11.6 Å². The van der Waals surface area contributed by atoms with E-state index in [1.807, 2.05) is 6.07 Å². The first-order chi connectivity index (χ1) is 7.76. The van der Waals surface area contributed by atoms with Crippen molar-refractivity contribution in [1.82, 2.24) is 0 Å². The lowest BCUT2D eigenvalue weighted by molar-refractivity contribution is 0.112. The summed E-state index contributed by atoms with van der Waals surface area (Å²) in [6.45, 7) is 3.15. The fourth-order valence-electron chi connectivity index (χ4n) is 1.99. The van der Waals surface area contributed by atoms with Crippen molar-refractivity contribution in [2.24, 2.45) is 0 Å². The summed E-state index contributed by atoms with van der Waals surface area (Å²) in [4.78, 5) is 13.3. The summed E-state index contributed by atoms with van der Waals surface area (Å²) in [7, 11) is 0. The van der Waals surface area contributed by atoms with Crippen molar-refractivity contribution in [1.29, 1.82) is 0 Å². The van der Waals surface area contributed by atoms with Gasteiger partial charge in [-0.15, -0.1) is 0 Å². The van der Waals surface area contributed by atoms with Crippen LogP contribution in [0, 0.1) is 0 Å². The second-order valence-electron chi connectivity index (χ2n) is 4.25. The van der Waals surface area contributed by atoms with Crippen molar-refractivity contribution in [2.75, 3.05) is 11.4 Å². The molecule has 1 fully saturated rings. The summed E-state index contributed by atoms with van der Waals surface area (Å²) >= 11 is 6.00. The molecule has 0 saturated heterocycles. The Hall–Kier alpha value is -1.02. The standard InChI is InChI=1S/C13H16ClNO/c1-2-7-15(12-5-6-12)13-8-11(14)4-3-10(13)9-16/h3-4,8-9,12H,2,5-7H2,1H3. The molecule has 0 spiro atoms. The van der Waals surface area contributed by atoms with Gasteiger partial charge in [-0.1, -0.05) is 18.5 Å². The molecular formula is C13H16ClNO. The number of hydrogen-bond acceptors (Lipinski definition) is 2. The largest absolute Gasteiger partial charge is 0.368 e. The molecule has 0 heterocycles. The minimum absolute atomic E-state index is 0.608. The van der Waals surface area contributed by atoms with Crippen LogP contribution in [0.15, 0.2) is 18.2 Å². The van der Waals surface area contributed by atoms with Crippen LogP contribution < -0.4 is 4.90 Å². The highest BCUT2D eigenvalue weighted by atomic mass is 35.5. The van der Waals surface area contributed by atoms with Gasteiger partial charge in [0, 0.05) is 28.9 Å². The smallest absolute Gasteiger partial charge is 0.152 e. The van der Waals surface area contributed by atoms with Gasteiger partial charge in [-0.2, -0.15) is 0 Å². The molecule has 0 aromatic heterocycles. The highest BCUT2D eigenvalue weighted by Gasteiger charge is 2.29. The van der Waals surface area contributed by atoms with Crippen LogP contribution in [0.2, 0.25) is 5.02 Å². The van der Waals surface area contributed by atoms with E-state index in [0.29, 0.717) is 11.1 Å². The summed E-state index contributed by atoms with van der Waals surface area (Å²) in [5, 5.41) is 0.697. The minimum Gasteiger partial charge on any atom is -0.368 e. The number of halogens is 1. The molecule has 0 amide bonds. The zero-order valence-corrected chi connectivity index (χ0v) is 10.2. The van der Waals surface area contributed by atoms with E-state index in [1.54, 1.807) is 12.1 Å². The normalized spacial score (nSPS) is 14.9. The minimum atomic E-state index is 0.608. The van der Waals surface area contributed by atoms with Gasteiger partial charge in [-0.3, -0.25) is 4.79 Å². The van der Waals surface area contributed by atoms with Crippen molar-refractivity contribution in [2.45, 2.75) is 32.2 Å². The molecule has 0 atom stereocenters. The topological polar surface area (TPSA) is 20.3 Å². The Morgan fingerprint density at radius 2 is 2.25 bits per heavy atom. The Balaban J connectivity index is 2.34. The summed E-state index contributed by atoms with van der Waals surface area (Å²) in [6, 6.07) is 6.08. The Labute approximate surface area is 101 Å². The zero-order chi connectivity index (χ0) is 11.5. The van der Waals surface area contributed by atoms with Crippen molar-refractivity contribution < 1.29 is 4.79 Å². The molecule has 16 heavy (non-hydrogen) atoms. The molecular weight excluding hydrogens is 222 g/mol. The predicted molar refractivity (Wildman–Crippen MR) is 67.5 cm³/mol. The van der Waals surface area contributed by atoms with E-state index in [0.717, 1.165) is 30.5 Å². The monoisotopic (exact) mass is 237 g/mol. The molecule has 1 saturated carbocycles. The molecule has 0 unspecified atom stereocenters. The van der Waals surface area contributed by atoms with Gasteiger partial charge in [0.2, 0.25) is 0 Å². The number of carbonyl (C=O) groups excluding carboxylic acids is 1. The summed E-state index contributed by atoms with van der Waals surface area (Å²) in [6.07, 6.45) is 4.45. The lowest BCUT2D eigenvalue weighted by atomic mass is 10.1. The third-order valence-corrected chi connectivity index (χ3v) is 3.12. The number of nitrogens with zero attached hydrogens (tertiary/aromatic N) is 1. The number of benzene rings is 1. The van der Waals surface area contributed by atoms with E-state index in [9.17, 15) is 4.79 Å². The fraction of sp³-hybridized carbons (Fsp3) is 0.462. The number of anilines is 1. The van der Waals surface area contributed by atoms with Crippen LogP contribution in [0.3, 0.4) is 0 Å². The van der Waals surface area contributed by atoms with E-state index in [-0.39, 0.29) is 0 Å². The van der Waals surface area contributed by atoms with Gasteiger partial charge in [0.15, 0.2) is 6.29 Å². The summed E-state index contributed by atoms with van der Waals surface area (Å²) < 4.78 is 0. The molecule has 2 nitrogen and oxygen atoms in total. The first-order valence-electron chi connectivity index (χ1n) is 5.77. The highest BCUT2D eigenvalue weighted by molar-refractivity contribution is 6.31. The van der Waals surface area contributed by atoms with Gasteiger partial charge in [0.1, 0.15) is 0 Å². The molecule has 0 N–H and O–H groups in total. The van der Waals surface area contributed by atoms with Crippen molar-refractivity contribution >= 4 is 23.6 Å². The fourth-order valence-corrected chi connectivity index (χ4v) is 2.16. The number of carbonyl (C=O) groups is 1. The molecule has 1 aliphatic carbocycles. The molecule has 0 aliphatic heterocycles. The van der Waals surface area contributed by atoms with Crippen LogP contribution in [0.25, 0.3) is 0 Å². The van der Waals surface area contributed by atoms with Crippen molar-refractivity contribution in [3.05, 3.63) is 28.8 Å². The molecule has 3 heteroatoms. The maximum atomic E-state index is 11.0. The lowest BCUT2D eigenvalue weighted by Crippen LogP contribution is -2.27. The molecule has 86 valence electrons. The lowest BCUT2D eigenvalue weighted by Gasteiger charge is -2.25. The van der Waals surface area contributed by atoms with Gasteiger partial charge < -0.3 is 4.90 Å². The van der Waals surface area contributed by atoms with Crippen LogP contribution in [0.4, 0.5) is 5.69 Å². The second-order valence-corrected chi connectivity index (χ2v) is 4.68. The van der Waals surface area contributed by atoms with E-state index < -0.39 is 0 Å². The van der Waals surface area contributed by atoms with Gasteiger partial charge in [0.25, 0.3) is 0 Å². The predicted octanol–water partition coefficient (Wildman–Crippen LogP) is 3.53. The third-order valence-electron chi connectivity index (χ3n) is 2.88. The molecule has 1 aliphatic rings. The molecule has 0 radical (unpaired) electrons. The van der Waals surface area contributed by atoms with E-state index in [4.69, 9.17) is 11.6 Å². The Bertz CT molecular complexity index is 388. The van der Waals surface area contributed by atoms with Gasteiger partial charge >= 0.3 is 0 Å². The number of rotatable bonds is 5. The van der Waals surface area contributed by atoms with E-state index in [2.05, 4.69) is 11.8 Å². The Kier molecular flexibility index (Phi) is 3.49. The van der Waals surface area contributed by atoms with Crippen molar-refractivity contribution in [3.8, 4) is 0 Å². The first kappa shape index (κ1) is 11.5. The van der Waals surface area contributed by atoms with Crippen LogP contribution in [-0.2, 0) is 0 Å². The van der Waals surface area contributed by atoms with Gasteiger partial charge in [0.05, 0.1) is 0 Å². The first-order valence-corrected chi connectivity index (χ1v) is 6.15. The van der Waals surface area contributed by atoms with E-state index in [1.165, 1.54) is 12.8 Å². The average Bonchev–Trinajstić information content (AvgIpc) is 3.10. The molecule has 0 bridgehead atoms. The van der Waals surface area contributed by atoms with Gasteiger partial charge in [-0.05, 0) is 37.5 Å². The molecule has 1 aromatic rings. The quantitative estimate of drug-likeness (QED) is 0.731. The molecule has 2 rings (SSSR count). The SMILES string of the molecule is CCCN(c1cc(Cl)ccc1C=O)C1CC1. The summed E-state index contributed by atoms with van der Waals surface area (Å²) in [5.74, 6) is 0. The molecule has 1 aromatic carbocycles. The summed E-state index contributed by atoms with van der Waals surface area (Å²) in [5.41, 5.74) is 1.73. The average molecular weight is 238 g/mol. The number of hydrogen-bond donors (Lipinski definition) is 0. The van der Waals surface area contributed by atoms with Crippen molar-refractivity contribution in [3.63, 3.8) is 0 Å². The highest BCUT2D eigenvalue weighted by Crippen LogP contribution is 2.34. The van der Waals surface area contributed by atoms with Crippen LogP contribution in [0.1, 0.15) is 36.5 Å². The maximum Gasteiger partial charge on any atom is 0.152 e. The number of aldehydes is 1. The zero-order valence-electron chi connectivity index (χ0n) is 9.45. The van der Waals surface area contributed by atoms with Crippen LogP contribution in [-0.4, -0.2) is 18.9 Å². The third kappa shape index (κ3) is 2.38. The van der Waals surface area contributed by atoms with Gasteiger partial charge in [-0.25, -0.2) is 0 Å². The maximum absolute atomic E-state index is 11.0. The Morgan fingerprint density at radius 3 is 2.81 bits per heavy atom. The van der Waals surface area contributed by atoms with E-state index >= 15 is 0 Å². The van der Waals surface area contributed by atoms with Crippen LogP contribution in [0.5, 0.6) is 0 Å². The second kappa shape index (κ2) is 4.88. The Morgan fingerprint density at radius 1 is 1.50 bits per heavy atom.